The monoisotopic (exact) mass is 294 g/mol. The molecule has 1 aliphatic carbocycles. The lowest BCUT2D eigenvalue weighted by atomic mass is 9.89. The summed E-state index contributed by atoms with van der Waals surface area (Å²) in [6.07, 6.45) is 3.70. The van der Waals surface area contributed by atoms with Crippen molar-refractivity contribution in [3.05, 3.63) is 35.0 Å². The third kappa shape index (κ3) is 1.90. The lowest BCUT2D eigenvalue weighted by molar-refractivity contribution is -0.930. The number of benzene rings is 1. The Hall–Kier alpha value is -1.79. The fourth-order valence-corrected chi connectivity index (χ4v) is 4.48. The van der Waals surface area contributed by atoms with Crippen LogP contribution in [0, 0.1) is 11.3 Å². The fourth-order valence-electron chi connectivity index (χ4n) is 4.48. The summed E-state index contributed by atoms with van der Waals surface area (Å²) in [7, 11) is 0. The van der Waals surface area contributed by atoms with Crippen LogP contribution in [0.5, 0.6) is 0 Å². The average Bonchev–Trinajstić information content (AvgIpc) is 2.85. The van der Waals surface area contributed by atoms with Gasteiger partial charge in [0.05, 0.1) is 18.8 Å². The van der Waals surface area contributed by atoms with Crippen molar-refractivity contribution in [2.75, 3.05) is 13.1 Å². The largest absolute Gasteiger partial charge is 0.334 e. The molecule has 22 heavy (non-hydrogen) atoms. The van der Waals surface area contributed by atoms with E-state index in [9.17, 15) is 0 Å². The van der Waals surface area contributed by atoms with E-state index in [1.807, 2.05) is 0 Å². The molecule has 1 N–H and O–H groups in total. The number of fused-ring (bicyclic) bond motifs is 3. The zero-order valence-corrected chi connectivity index (χ0v) is 13.5. The molecule has 2 aromatic rings. The van der Waals surface area contributed by atoms with Crippen molar-refractivity contribution >= 4 is 10.9 Å². The van der Waals surface area contributed by atoms with E-state index in [0.29, 0.717) is 18.5 Å². The Labute approximate surface area is 132 Å². The SMILES string of the molecule is CC(C)c1ccc2c(c1)c1c3n2CC[NH+](CC#N)[C@H]3CCC1. The maximum absolute atomic E-state index is 9.13. The minimum absolute atomic E-state index is 0.534. The van der Waals surface area contributed by atoms with Crippen LogP contribution in [-0.4, -0.2) is 17.7 Å². The van der Waals surface area contributed by atoms with Gasteiger partial charge < -0.3 is 9.47 Å². The van der Waals surface area contributed by atoms with Crippen molar-refractivity contribution in [1.29, 1.82) is 5.26 Å². The van der Waals surface area contributed by atoms with Crippen LogP contribution in [0.15, 0.2) is 18.2 Å². The Bertz CT molecular complexity index is 763. The van der Waals surface area contributed by atoms with Gasteiger partial charge in [0.1, 0.15) is 12.1 Å². The van der Waals surface area contributed by atoms with E-state index in [-0.39, 0.29) is 0 Å². The lowest BCUT2D eigenvalue weighted by Gasteiger charge is -2.35. The Morgan fingerprint density at radius 1 is 1.41 bits per heavy atom. The molecule has 0 fully saturated rings. The number of aromatic nitrogens is 1. The highest BCUT2D eigenvalue weighted by atomic mass is 15.2. The van der Waals surface area contributed by atoms with Gasteiger partial charge in [-0.1, -0.05) is 19.9 Å². The van der Waals surface area contributed by atoms with E-state index < -0.39 is 0 Å². The lowest BCUT2D eigenvalue weighted by Crippen LogP contribution is -3.13. The summed E-state index contributed by atoms with van der Waals surface area (Å²) in [5.41, 5.74) is 5.97. The Balaban J connectivity index is 1.92. The number of hydrogen-bond acceptors (Lipinski definition) is 1. The highest BCUT2D eigenvalue weighted by Gasteiger charge is 2.37. The van der Waals surface area contributed by atoms with Crippen molar-refractivity contribution < 1.29 is 4.90 Å². The van der Waals surface area contributed by atoms with Crippen molar-refractivity contribution in [2.45, 2.75) is 51.6 Å². The highest BCUT2D eigenvalue weighted by molar-refractivity contribution is 5.87. The summed E-state index contributed by atoms with van der Waals surface area (Å²) in [5, 5.41) is 10.6. The molecular weight excluding hydrogens is 270 g/mol. The van der Waals surface area contributed by atoms with Gasteiger partial charge in [-0.3, -0.25) is 0 Å². The molecule has 0 saturated heterocycles. The third-order valence-corrected chi connectivity index (χ3v) is 5.61. The quantitative estimate of drug-likeness (QED) is 0.849. The van der Waals surface area contributed by atoms with Crippen molar-refractivity contribution in [2.24, 2.45) is 0 Å². The zero-order chi connectivity index (χ0) is 15.3. The van der Waals surface area contributed by atoms with Crippen LogP contribution in [0.3, 0.4) is 0 Å². The van der Waals surface area contributed by atoms with Gasteiger partial charge >= 0.3 is 0 Å². The second-order valence-corrected chi connectivity index (χ2v) is 7.13. The number of nitrogens with one attached hydrogen (secondary N) is 1. The molecule has 0 bridgehead atoms. The third-order valence-electron chi connectivity index (χ3n) is 5.61. The first-order valence-electron chi connectivity index (χ1n) is 8.57. The van der Waals surface area contributed by atoms with Crippen molar-refractivity contribution in [3.63, 3.8) is 0 Å². The van der Waals surface area contributed by atoms with E-state index in [1.165, 1.54) is 40.6 Å². The van der Waals surface area contributed by atoms with Crippen LogP contribution < -0.4 is 4.90 Å². The van der Waals surface area contributed by atoms with Gasteiger partial charge in [0, 0.05) is 17.3 Å². The number of aryl methyl sites for hydroxylation is 1. The number of nitrogens with zero attached hydrogens (tertiary/aromatic N) is 2. The molecule has 2 atom stereocenters. The topological polar surface area (TPSA) is 33.2 Å². The van der Waals surface area contributed by atoms with Gasteiger partial charge in [-0.25, -0.2) is 0 Å². The number of rotatable bonds is 2. The van der Waals surface area contributed by atoms with Crippen LogP contribution in [0.1, 0.15) is 55.5 Å². The van der Waals surface area contributed by atoms with Crippen LogP contribution in [0.4, 0.5) is 0 Å². The molecule has 0 spiro atoms. The van der Waals surface area contributed by atoms with E-state index in [4.69, 9.17) is 5.26 Å². The molecule has 1 unspecified atom stereocenters. The zero-order valence-electron chi connectivity index (χ0n) is 13.5. The van der Waals surface area contributed by atoms with Crippen LogP contribution in [0.25, 0.3) is 10.9 Å². The molecule has 0 saturated carbocycles. The molecule has 3 heteroatoms. The summed E-state index contributed by atoms with van der Waals surface area (Å²) < 4.78 is 2.56. The smallest absolute Gasteiger partial charge is 0.165 e. The van der Waals surface area contributed by atoms with Crippen molar-refractivity contribution in [1.82, 2.24) is 4.57 Å². The van der Waals surface area contributed by atoms with Gasteiger partial charge in [-0.2, -0.15) is 5.26 Å². The second kappa shape index (κ2) is 5.14. The van der Waals surface area contributed by atoms with E-state index in [0.717, 1.165) is 13.1 Å². The molecule has 4 rings (SSSR count). The number of hydrogen-bond donors (Lipinski definition) is 1. The molecule has 3 nitrogen and oxygen atoms in total. The minimum atomic E-state index is 0.534. The van der Waals surface area contributed by atoms with Crippen molar-refractivity contribution in [3.8, 4) is 6.07 Å². The van der Waals surface area contributed by atoms with Gasteiger partial charge in [-0.05, 0) is 42.0 Å². The molecule has 1 aromatic carbocycles. The van der Waals surface area contributed by atoms with E-state index in [1.54, 1.807) is 11.3 Å². The first-order valence-corrected chi connectivity index (χ1v) is 8.57. The van der Waals surface area contributed by atoms with Gasteiger partial charge in [-0.15, -0.1) is 0 Å². The van der Waals surface area contributed by atoms with Crippen LogP contribution in [0.2, 0.25) is 0 Å². The Morgan fingerprint density at radius 2 is 2.27 bits per heavy atom. The Kier molecular flexibility index (Phi) is 3.23. The first-order chi connectivity index (χ1) is 10.7. The summed E-state index contributed by atoms with van der Waals surface area (Å²) >= 11 is 0. The van der Waals surface area contributed by atoms with Crippen LogP contribution >= 0.6 is 0 Å². The maximum atomic E-state index is 9.13. The molecule has 2 aliphatic rings. The summed E-state index contributed by atoms with van der Waals surface area (Å²) in [6, 6.07) is 9.97. The molecule has 1 aromatic heterocycles. The van der Waals surface area contributed by atoms with E-state index in [2.05, 4.69) is 42.7 Å². The molecule has 114 valence electrons. The normalized spacial score (nSPS) is 23.5. The van der Waals surface area contributed by atoms with E-state index >= 15 is 0 Å². The second-order valence-electron chi connectivity index (χ2n) is 7.13. The maximum Gasteiger partial charge on any atom is 0.165 e. The molecule has 0 radical (unpaired) electrons. The predicted octanol–water partition coefficient (Wildman–Crippen LogP) is 2.56. The fraction of sp³-hybridized carbons (Fsp3) is 0.526. The first kappa shape index (κ1) is 13.8. The average molecular weight is 294 g/mol. The van der Waals surface area contributed by atoms with Crippen LogP contribution in [-0.2, 0) is 13.0 Å². The van der Waals surface area contributed by atoms with Gasteiger partial charge in [0.25, 0.3) is 0 Å². The minimum Gasteiger partial charge on any atom is -0.334 e. The summed E-state index contributed by atoms with van der Waals surface area (Å²) in [6.45, 7) is 7.32. The molecule has 2 heterocycles. The van der Waals surface area contributed by atoms with Gasteiger partial charge in [0.2, 0.25) is 0 Å². The number of quaternary nitrogens is 1. The standard InChI is InChI=1S/C19H23N3/c1-13(2)14-6-7-17-16(12-14)15-4-3-5-18-19(15)22(17)11-10-21(18)9-8-20/h6-7,12-13,18H,3-5,9-11H2,1-2H3/p+1/t18-/m0/s1. The molecular formula is C19H24N3+. The Morgan fingerprint density at radius 3 is 3.05 bits per heavy atom. The summed E-state index contributed by atoms with van der Waals surface area (Å²) in [5.74, 6) is 0.577. The molecule has 1 aliphatic heterocycles. The van der Waals surface area contributed by atoms with Gasteiger partial charge in [0.15, 0.2) is 6.54 Å². The number of nitriles is 1. The summed E-state index contributed by atoms with van der Waals surface area (Å²) in [4.78, 5) is 1.47. The molecule has 0 amide bonds. The predicted molar refractivity (Wildman–Crippen MR) is 88.0 cm³/mol. The highest BCUT2D eigenvalue weighted by Crippen LogP contribution is 2.38.